The number of hydrogen-bond donors (Lipinski definition) is 2. The van der Waals surface area contributed by atoms with Crippen LogP contribution in [0, 0.1) is 5.82 Å². The van der Waals surface area contributed by atoms with Gasteiger partial charge in [-0.1, -0.05) is 35.9 Å². The zero-order valence-corrected chi connectivity index (χ0v) is 12.8. The fourth-order valence-electron chi connectivity index (χ4n) is 2.81. The molecule has 1 unspecified atom stereocenters. The van der Waals surface area contributed by atoms with Crippen LogP contribution in [0.4, 0.5) is 10.1 Å². The van der Waals surface area contributed by atoms with Crippen LogP contribution in [-0.2, 0) is 17.8 Å². The molecule has 0 radical (unpaired) electrons. The largest absolute Gasteiger partial charge is 0.323 e. The van der Waals surface area contributed by atoms with Crippen molar-refractivity contribution in [3.8, 4) is 0 Å². The lowest BCUT2D eigenvalue weighted by Gasteiger charge is -2.25. The fourth-order valence-corrected chi connectivity index (χ4v) is 2.96. The Hall–Kier alpha value is -1.91. The molecule has 114 valence electrons. The van der Waals surface area contributed by atoms with E-state index in [1.54, 1.807) is 6.07 Å². The highest BCUT2D eigenvalue weighted by Crippen LogP contribution is 2.18. The van der Waals surface area contributed by atoms with E-state index in [1.807, 2.05) is 12.1 Å². The molecule has 0 saturated heterocycles. The van der Waals surface area contributed by atoms with E-state index in [9.17, 15) is 9.18 Å². The van der Waals surface area contributed by atoms with Gasteiger partial charge in [-0.3, -0.25) is 4.79 Å². The molecule has 5 heteroatoms. The molecule has 1 heterocycles. The predicted molar refractivity (Wildman–Crippen MR) is 84.6 cm³/mol. The van der Waals surface area contributed by atoms with E-state index in [-0.39, 0.29) is 11.6 Å². The van der Waals surface area contributed by atoms with Crippen molar-refractivity contribution in [2.45, 2.75) is 13.0 Å². The maximum atomic E-state index is 13.7. The molecule has 0 aliphatic carbocycles. The zero-order valence-electron chi connectivity index (χ0n) is 12.0. The minimum atomic E-state index is -0.514. The third kappa shape index (κ3) is 3.46. The average molecular weight is 320 g/mol. The smallest absolute Gasteiger partial charge is 0.279 e. The van der Waals surface area contributed by atoms with Gasteiger partial charge in [0.15, 0.2) is 6.54 Å². The maximum Gasteiger partial charge on any atom is 0.279 e. The SMILES string of the molecule is O=C(C[NH+]1CCc2ccccc2C1)Nc1ccc(Cl)cc1F. The number of amides is 1. The molecule has 2 aromatic carbocycles. The summed E-state index contributed by atoms with van der Waals surface area (Å²) in [7, 11) is 0. The Balaban J connectivity index is 1.61. The molecule has 0 saturated carbocycles. The van der Waals surface area contributed by atoms with Crippen molar-refractivity contribution in [3.63, 3.8) is 0 Å². The Morgan fingerprint density at radius 1 is 1.23 bits per heavy atom. The Labute approximate surface area is 133 Å². The van der Waals surface area contributed by atoms with E-state index >= 15 is 0 Å². The summed E-state index contributed by atoms with van der Waals surface area (Å²) in [6, 6.07) is 12.5. The van der Waals surface area contributed by atoms with E-state index in [4.69, 9.17) is 11.6 Å². The van der Waals surface area contributed by atoms with Gasteiger partial charge < -0.3 is 10.2 Å². The summed E-state index contributed by atoms with van der Waals surface area (Å²) in [5.41, 5.74) is 2.82. The van der Waals surface area contributed by atoms with Crippen molar-refractivity contribution in [2.24, 2.45) is 0 Å². The number of anilines is 1. The third-order valence-electron chi connectivity index (χ3n) is 3.92. The van der Waals surface area contributed by atoms with Crippen LogP contribution < -0.4 is 10.2 Å². The first-order valence-corrected chi connectivity index (χ1v) is 7.65. The Morgan fingerprint density at radius 3 is 2.77 bits per heavy atom. The van der Waals surface area contributed by atoms with Crippen LogP contribution in [0.5, 0.6) is 0 Å². The lowest BCUT2D eigenvalue weighted by molar-refractivity contribution is -0.907. The van der Waals surface area contributed by atoms with Gasteiger partial charge in [-0.15, -0.1) is 0 Å². The number of carbonyl (C=O) groups is 1. The highest BCUT2D eigenvalue weighted by atomic mass is 35.5. The van der Waals surface area contributed by atoms with Gasteiger partial charge in [0.05, 0.1) is 12.2 Å². The normalized spacial score (nSPS) is 16.9. The summed E-state index contributed by atoms with van der Waals surface area (Å²) < 4.78 is 13.7. The Kier molecular flexibility index (Phi) is 4.41. The van der Waals surface area contributed by atoms with Crippen LogP contribution in [0.2, 0.25) is 5.02 Å². The minimum absolute atomic E-state index is 0.172. The van der Waals surface area contributed by atoms with E-state index < -0.39 is 5.82 Å². The lowest BCUT2D eigenvalue weighted by atomic mass is 10.00. The average Bonchev–Trinajstić information content (AvgIpc) is 2.50. The highest BCUT2D eigenvalue weighted by Gasteiger charge is 2.21. The highest BCUT2D eigenvalue weighted by molar-refractivity contribution is 6.30. The van der Waals surface area contributed by atoms with E-state index in [0.717, 1.165) is 19.5 Å². The van der Waals surface area contributed by atoms with Crippen LogP contribution in [0.15, 0.2) is 42.5 Å². The third-order valence-corrected chi connectivity index (χ3v) is 4.16. The van der Waals surface area contributed by atoms with Crippen molar-refractivity contribution in [1.29, 1.82) is 0 Å². The fraction of sp³-hybridized carbons (Fsp3) is 0.235. The molecule has 1 aliphatic heterocycles. The molecule has 3 nitrogen and oxygen atoms in total. The summed E-state index contributed by atoms with van der Waals surface area (Å²) >= 11 is 5.70. The van der Waals surface area contributed by atoms with Crippen molar-refractivity contribution in [2.75, 3.05) is 18.4 Å². The molecule has 1 aliphatic rings. The van der Waals surface area contributed by atoms with Gasteiger partial charge in [-0.05, 0) is 23.8 Å². The first kappa shape index (κ1) is 15.0. The standard InChI is InChI=1S/C17H16ClFN2O/c18-14-5-6-16(15(19)9-14)20-17(22)11-21-8-7-12-3-1-2-4-13(12)10-21/h1-6,9H,7-8,10-11H2,(H,20,22)/p+1. The quantitative estimate of drug-likeness (QED) is 0.892. The van der Waals surface area contributed by atoms with Gasteiger partial charge in [0.1, 0.15) is 12.4 Å². The number of carbonyl (C=O) groups excluding carboxylic acids is 1. The van der Waals surface area contributed by atoms with E-state index in [2.05, 4.69) is 17.4 Å². The molecule has 2 N–H and O–H groups in total. The van der Waals surface area contributed by atoms with Gasteiger partial charge in [-0.25, -0.2) is 4.39 Å². The molecular formula is C17H17ClFN2O+. The number of benzene rings is 2. The first-order valence-electron chi connectivity index (χ1n) is 7.27. The monoisotopic (exact) mass is 319 g/mol. The number of hydrogen-bond acceptors (Lipinski definition) is 1. The van der Waals surface area contributed by atoms with Crippen molar-refractivity contribution in [1.82, 2.24) is 0 Å². The minimum Gasteiger partial charge on any atom is -0.323 e. The number of nitrogens with one attached hydrogen (secondary N) is 2. The first-order chi connectivity index (χ1) is 10.6. The molecule has 0 fully saturated rings. The molecule has 3 rings (SSSR count). The molecule has 0 bridgehead atoms. The van der Waals surface area contributed by atoms with Gasteiger partial charge in [-0.2, -0.15) is 0 Å². The molecule has 2 aromatic rings. The molecule has 0 aromatic heterocycles. The Morgan fingerprint density at radius 2 is 2.00 bits per heavy atom. The van der Waals surface area contributed by atoms with Crippen molar-refractivity contribution < 1.29 is 14.1 Å². The lowest BCUT2D eigenvalue weighted by Crippen LogP contribution is -3.12. The predicted octanol–water partition coefficient (Wildman–Crippen LogP) is 2.06. The second kappa shape index (κ2) is 6.46. The summed E-state index contributed by atoms with van der Waals surface area (Å²) in [6.07, 6.45) is 0.966. The molecule has 22 heavy (non-hydrogen) atoms. The van der Waals surface area contributed by atoms with Crippen LogP contribution in [0.3, 0.4) is 0 Å². The van der Waals surface area contributed by atoms with Gasteiger partial charge in [0.2, 0.25) is 0 Å². The summed E-state index contributed by atoms with van der Waals surface area (Å²) in [4.78, 5) is 13.3. The number of quaternary nitrogens is 1. The van der Waals surface area contributed by atoms with Crippen LogP contribution in [0.1, 0.15) is 11.1 Å². The van der Waals surface area contributed by atoms with Crippen molar-refractivity contribution >= 4 is 23.2 Å². The van der Waals surface area contributed by atoms with Gasteiger partial charge in [0, 0.05) is 17.0 Å². The summed E-state index contributed by atoms with van der Waals surface area (Å²) in [6.45, 7) is 2.07. The summed E-state index contributed by atoms with van der Waals surface area (Å²) in [5, 5.41) is 2.93. The molecule has 1 amide bonds. The van der Waals surface area contributed by atoms with Crippen LogP contribution in [-0.4, -0.2) is 19.0 Å². The molecular weight excluding hydrogens is 303 g/mol. The van der Waals surface area contributed by atoms with E-state index in [0.29, 0.717) is 11.6 Å². The summed E-state index contributed by atoms with van der Waals surface area (Å²) in [5.74, 6) is -0.699. The van der Waals surface area contributed by atoms with Crippen LogP contribution in [0.25, 0.3) is 0 Å². The van der Waals surface area contributed by atoms with Crippen LogP contribution >= 0.6 is 11.6 Å². The molecule has 0 spiro atoms. The van der Waals surface area contributed by atoms with E-state index in [1.165, 1.54) is 28.2 Å². The number of rotatable bonds is 3. The van der Waals surface area contributed by atoms with Gasteiger partial charge >= 0.3 is 0 Å². The van der Waals surface area contributed by atoms with Gasteiger partial charge in [0.25, 0.3) is 5.91 Å². The van der Waals surface area contributed by atoms with Crippen molar-refractivity contribution in [3.05, 3.63) is 64.4 Å². The zero-order chi connectivity index (χ0) is 15.5. The number of fused-ring (bicyclic) bond motifs is 1. The second-order valence-corrected chi connectivity index (χ2v) is 5.98. The second-order valence-electron chi connectivity index (χ2n) is 5.54. The molecule has 1 atom stereocenters. The topological polar surface area (TPSA) is 33.5 Å². The number of halogens is 2. The maximum absolute atomic E-state index is 13.7. The Bertz CT molecular complexity index is 705.